The summed E-state index contributed by atoms with van der Waals surface area (Å²) in [5.41, 5.74) is 7.44. The third-order valence-corrected chi connectivity index (χ3v) is 5.32. The lowest BCUT2D eigenvalue weighted by Gasteiger charge is -2.37. The lowest BCUT2D eigenvalue weighted by molar-refractivity contribution is -0.135. The fourth-order valence-electron chi connectivity index (χ4n) is 3.19. The molecule has 25 heavy (non-hydrogen) atoms. The Hall–Kier alpha value is -1.43. The van der Waals surface area contributed by atoms with Gasteiger partial charge in [-0.25, -0.2) is 0 Å². The molecule has 1 amide bonds. The van der Waals surface area contributed by atoms with Crippen LogP contribution in [0.1, 0.15) is 25.8 Å². The lowest BCUT2D eigenvalue weighted by atomic mass is 9.98. The zero-order valence-electron chi connectivity index (χ0n) is 16.0. The largest absolute Gasteiger partial charge is 0.339 e. The number of benzene rings is 1. The summed E-state index contributed by atoms with van der Waals surface area (Å²) in [6, 6.07) is 10.2. The molecule has 0 spiro atoms. The summed E-state index contributed by atoms with van der Waals surface area (Å²) in [6.45, 7) is 10.7. The molecule has 0 radical (unpaired) electrons. The molecule has 0 aliphatic carbocycles. The van der Waals surface area contributed by atoms with E-state index in [4.69, 9.17) is 5.73 Å². The van der Waals surface area contributed by atoms with E-state index in [1.54, 1.807) is 0 Å². The molecule has 5 nitrogen and oxygen atoms in total. The lowest BCUT2D eigenvalue weighted by Crippen LogP contribution is -2.55. The molecule has 1 aromatic rings. The Morgan fingerprint density at radius 3 is 2.44 bits per heavy atom. The highest BCUT2D eigenvalue weighted by Crippen LogP contribution is 2.11. The molecule has 140 valence electrons. The number of hydrogen-bond donors (Lipinski definition) is 1. The van der Waals surface area contributed by atoms with Gasteiger partial charge in [0.1, 0.15) is 0 Å². The average Bonchev–Trinajstić information content (AvgIpc) is 2.65. The molecule has 2 unspecified atom stereocenters. The Morgan fingerprint density at radius 2 is 1.84 bits per heavy atom. The van der Waals surface area contributed by atoms with Crippen molar-refractivity contribution in [3.8, 4) is 0 Å². The van der Waals surface area contributed by atoms with Crippen LogP contribution in [0, 0.1) is 5.92 Å². The van der Waals surface area contributed by atoms with Crippen LogP contribution in [0.2, 0.25) is 0 Å². The van der Waals surface area contributed by atoms with Gasteiger partial charge in [0.2, 0.25) is 5.91 Å². The van der Waals surface area contributed by atoms with Crippen molar-refractivity contribution in [2.24, 2.45) is 11.7 Å². The van der Waals surface area contributed by atoms with Crippen molar-refractivity contribution in [3.63, 3.8) is 0 Å². The van der Waals surface area contributed by atoms with Crippen LogP contribution in [0.5, 0.6) is 0 Å². The fourth-order valence-corrected chi connectivity index (χ4v) is 3.19. The molecule has 1 saturated heterocycles. The number of carbonyl (C=O) groups excluding carboxylic acids is 1. The number of carbonyl (C=O) groups is 1. The SMILES string of the molecule is CCC(C)C(N)C(=O)N1CCN(CCN(C)Cc2ccccc2)CC1. The van der Waals surface area contributed by atoms with Crippen molar-refractivity contribution in [1.82, 2.24) is 14.7 Å². The van der Waals surface area contributed by atoms with E-state index in [1.165, 1.54) is 5.56 Å². The van der Waals surface area contributed by atoms with E-state index in [-0.39, 0.29) is 17.9 Å². The summed E-state index contributed by atoms with van der Waals surface area (Å²) in [5, 5.41) is 0. The van der Waals surface area contributed by atoms with Gasteiger partial charge in [-0.2, -0.15) is 0 Å². The standard InChI is InChI=1S/C20H34N4O/c1-4-17(2)19(21)20(25)24-14-12-23(13-15-24)11-10-22(3)16-18-8-6-5-7-9-18/h5-9,17,19H,4,10-16,21H2,1-3H3. The van der Waals surface area contributed by atoms with Gasteiger partial charge in [-0.05, 0) is 18.5 Å². The Bertz CT molecular complexity index is 514. The summed E-state index contributed by atoms with van der Waals surface area (Å²) in [4.78, 5) is 19.2. The van der Waals surface area contributed by atoms with Gasteiger partial charge in [-0.15, -0.1) is 0 Å². The molecule has 1 fully saturated rings. The molecular formula is C20H34N4O. The van der Waals surface area contributed by atoms with Crippen LogP contribution in [0.4, 0.5) is 0 Å². The van der Waals surface area contributed by atoms with Crippen molar-refractivity contribution in [2.45, 2.75) is 32.9 Å². The van der Waals surface area contributed by atoms with Gasteiger partial charge in [0.25, 0.3) is 0 Å². The summed E-state index contributed by atoms with van der Waals surface area (Å²) < 4.78 is 0. The summed E-state index contributed by atoms with van der Waals surface area (Å²) in [5.74, 6) is 0.368. The quantitative estimate of drug-likeness (QED) is 0.777. The van der Waals surface area contributed by atoms with Crippen molar-refractivity contribution in [2.75, 3.05) is 46.3 Å². The van der Waals surface area contributed by atoms with E-state index >= 15 is 0 Å². The second-order valence-electron chi connectivity index (χ2n) is 7.30. The number of likely N-dealkylation sites (N-methyl/N-ethyl adjacent to an activating group) is 1. The predicted molar refractivity (Wildman–Crippen MR) is 103 cm³/mol. The second-order valence-corrected chi connectivity index (χ2v) is 7.30. The Morgan fingerprint density at radius 1 is 1.20 bits per heavy atom. The summed E-state index contributed by atoms with van der Waals surface area (Å²) in [6.07, 6.45) is 0.945. The molecule has 2 rings (SSSR count). The highest BCUT2D eigenvalue weighted by Gasteiger charge is 2.27. The van der Waals surface area contributed by atoms with Crippen LogP contribution in [-0.2, 0) is 11.3 Å². The first kappa shape index (κ1) is 19.9. The number of piperazine rings is 1. The maximum atomic E-state index is 12.4. The van der Waals surface area contributed by atoms with Gasteiger partial charge in [0, 0.05) is 45.8 Å². The van der Waals surface area contributed by atoms with Crippen LogP contribution < -0.4 is 5.73 Å². The first-order chi connectivity index (χ1) is 12.0. The zero-order chi connectivity index (χ0) is 18.2. The normalized spacial score (nSPS) is 18.4. The number of nitrogens with two attached hydrogens (primary N) is 1. The van der Waals surface area contributed by atoms with Gasteiger partial charge >= 0.3 is 0 Å². The van der Waals surface area contributed by atoms with Crippen LogP contribution in [0.15, 0.2) is 30.3 Å². The third-order valence-electron chi connectivity index (χ3n) is 5.32. The number of amides is 1. The number of hydrogen-bond acceptors (Lipinski definition) is 4. The van der Waals surface area contributed by atoms with Crippen molar-refractivity contribution >= 4 is 5.91 Å². The number of nitrogens with zero attached hydrogens (tertiary/aromatic N) is 3. The Labute approximate surface area is 152 Å². The van der Waals surface area contributed by atoms with E-state index in [0.717, 1.165) is 52.2 Å². The smallest absolute Gasteiger partial charge is 0.239 e. The van der Waals surface area contributed by atoms with Crippen LogP contribution in [0.25, 0.3) is 0 Å². The molecule has 1 aromatic carbocycles. The van der Waals surface area contributed by atoms with Gasteiger partial charge in [0.05, 0.1) is 6.04 Å². The van der Waals surface area contributed by atoms with Gasteiger partial charge < -0.3 is 15.5 Å². The van der Waals surface area contributed by atoms with E-state index in [0.29, 0.717) is 0 Å². The molecule has 2 atom stereocenters. The molecule has 1 heterocycles. The van der Waals surface area contributed by atoms with Crippen LogP contribution >= 0.6 is 0 Å². The molecular weight excluding hydrogens is 312 g/mol. The van der Waals surface area contributed by atoms with E-state index in [9.17, 15) is 4.79 Å². The fraction of sp³-hybridized carbons (Fsp3) is 0.650. The van der Waals surface area contributed by atoms with Crippen molar-refractivity contribution in [3.05, 3.63) is 35.9 Å². The van der Waals surface area contributed by atoms with E-state index < -0.39 is 0 Å². The summed E-state index contributed by atoms with van der Waals surface area (Å²) in [7, 11) is 2.16. The van der Waals surface area contributed by atoms with Gasteiger partial charge in [-0.1, -0.05) is 50.6 Å². The Kier molecular flexibility index (Phi) is 7.88. The maximum absolute atomic E-state index is 12.4. The second kappa shape index (κ2) is 9.90. The molecule has 0 bridgehead atoms. The minimum Gasteiger partial charge on any atom is -0.339 e. The Balaban J connectivity index is 1.69. The highest BCUT2D eigenvalue weighted by atomic mass is 16.2. The monoisotopic (exact) mass is 346 g/mol. The third kappa shape index (κ3) is 6.10. The highest BCUT2D eigenvalue weighted by molar-refractivity contribution is 5.82. The number of rotatable bonds is 8. The average molecular weight is 347 g/mol. The van der Waals surface area contributed by atoms with E-state index in [2.05, 4.69) is 61.0 Å². The maximum Gasteiger partial charge on any atom is 0.239 e. The first-order valence-electron chi connectivity index (χ1n) is 9.50. The topological polar surface area (TPSA) is 52.8 Å². The molecule has 1 aliphatic heterocycles. The molecule has 1 aliphatic rings. The predicted octanol–water partition coefficient (Wildman–Crippen LogP) is 1.64. The minimum absolute atomic E-state index is 0.121. The van der Waals surface area contributed by atoms with Crippen LogP contribution in [-0.4, -0.2) is 73.0 Å². The minimum atomic E-state index is -0.353. The van der Waals surface area contributed by atoms with Crippen molar-refractivity contribution in [1.29, 1.82) is 0 Å². The van der Waals surface area contributed by atoms with E-state index in [1.807, 2.05) is 4.90 Å². The summed E-state index contributed by atoms with van der Waals surface area (Å²) >= 11 is 0. The molecule has 5 heteroatoms. The molecule has 0 aromatic heterocycles. The van der Waals surface area contributed by atoms with Gasteiger partial charge in [0.15, 0.2) is 0 Å². The first-order valence-corrected chi connectivity index (χ1v) is 9.50. The van der Waals surface area contributed by atoms with Crippen molar-refractivity contribution < 1.29 is 4.79 Å². The zero-order valence-corrected chi connectivity index (χ0v) is 16.0. The van der Waals surface area contributed by atoms with Gasteiger partial charge in [-0.3, -0.25) is 9.69 Å². The molecule has 0 saturated carbocycles. The molecule has 2 N–H and O–H groups in total. The van der Waals surface area contributed by atoms with Crippen LogP contribution in [0.3, 0.4) is 0 Å².